The SMILES string of the molecule is CCCCCNC(=O)[C@H](Cc1ccc(N2CC(=O)N(Cc3ccc(OC)cc3)S2(=O)=O)cc1)NC(=O)O. The number of carboxylic acid groups (broad SMARTS) is 1. The molecule has 200 valence electrons. The zero-order chi connectivity index (χ0) is 27.0. The molecular weight excluding hydrogens is 500 g/mol. The van der Waals surface area contributed by atoms with Crippen LogP contribution in [0.2, 0.25) is 0 Å². The predicted octanol–water partition coefficient (Wildman–Crippen LogP) is 2.27. The molecule has 2 aromatic carbocycles. The van der Waals surface area contributed by atoms with E-state index in [-0.39, 0.29) is 19.5 Å². The lowest BCUT2D eigenvalue weighted by molar-refractivity contribution is -0.124. The van der Waals surface area contributed by atoms with Crippen molar-refractivity contribution in [3.05, 3.63) is 59.7 Å². The van der Waals surface area contributed by atoms with Crippen molar-refractivity contribution in [2.45, 2.75) is 45.2 Å². The second kappa shape index (κ2) is 12.4. The fraction of sp³-hybridized carbons (Fsp3) is 0.400. The molecule has 1 saturated heterocycles. The summed E-state index contributed by atoms with van der Waals surface area (Å²) in [6.45, 7) is 2.07. The number of carbonyl (C=O) groups is 3. The van der Waals surface area contributed by atoms with Crippen LogP contribution in [0.5, 0.6) is 5.75 Å². The summed E-state index contributed by atoms with van der Waals surface area (Å²) in [5.74, 6) is -0.356. The molecule has 0 unspecified atom stereocenters. The lowest BCUT2D eigenvalue weighted by Gasteiger charge is -2.20. The number of nitrogens with zero attached hydrogens (tertiary/aromatic N) is 2. The Bertz CT molecular complexity index is 1200. The van der Waals surface area contributed by atoms with Crippen LogP contribution in [0.15, 0.2) is 48.5 Å². The molecular formula is C25H32N4O7S. The Morgan fingerprint density at radius 3 is 2.30 bits per heavy atom. The molecule has 0 aliphatic carbocycles. The monoisotopic (exact) mass is 532 g/mol. The van der Waals surface area contributed by atoms with Gasteiger partial charge in [-0.1, -0.05) is 44.0 Å². The minimum atomic E-state index is -4.09. The number of ether oxygens (including phenoxy) is 1. The molecule has 1 aliphatic heterocycles. The average Bonchev–Trinajstić information content (AvgIpc) is 3.10. The molecule has 0 aromatic heterocycles. The van der Waals surface area contributed by atoms with E-state index in [1.807, 2.05) is 6.92 Å². The van der Waals surface area contributed by atoms with Crippen molar-refractivity contribution in [3.63, 3.8) is 0 Å². The lowest BCUT2D eigenvalue weighted by Crippen LogP contribution is -2.47. The first-order valence-electron chi connectivity index (χ1n) is 12.0. The summed E-state index contributed by atoms with van der Waals surface area (Å²) in [5, 5.41) is 14.1. The molecule has 37 heavy (non-hydrogen) atoms. The zero-order valence-electron chi connectivity index (χ0n) is 20.8. The number of unbranched alkanes of at least 4 members (excludes halogenated alkanes) is 2. The van der Waals surface area contributed by atoms with Crippen LogP contribution in [0.1, 0.15) is 37.3 Å². The van der Waals surface area contributed by atoms with Gasteiger partial charge in [0.25, 0.3) is 5.91 Å². The van der Waals surface area contributed by atoms with Crippen LogP contribution in [0.4, 0.5) is 10.5 Å². The number of benzene rings is 2. The van der Waals surface area contributed by atoms with Gasteiger partial charge in [-0.25, -0.2) is 13.4 Å². The molecule has 11 nitrogen and oxygen atoms in total. The molecule has 12 heteroatoms. The molecule has 0 spiro atoms. The van der Waals surface area contributed by atoms with Gasteiger partial charge in [-0.15, -0.1) is 0 Å². The van der Waals surface area contributed by atoms with E-state index < -0.39 is 34.2 Å². The van der Waals surface area contributed by atoms with E-state index in [1.54, 1.807) is 36.4 Å². The highest BCUT2D eigenvalue weighted by Gasteiger charge is 2.42. The van der Waals surface area contributed by atoms with Crippen molar-refractivity contribution < 1.29 is 32.6 Å². The molecule has 1 fully saturated rings. The highest BCUT2D eigenvalue weighted by atomic mass is 32.2. The zero-order valence-corrected chi connectivity index (χ0v) is 21.7. The van der Waals surface area contributed by atoms with E-state index in [0.717, 1.165) is 27.9 Å². The number of rotatable bonds is 12. The molecule has 3 rings (SSSR count). The summed E-state index contributed by atoms with van der Waals surface area (Å²) < 4.78 is 33.2. The summed E-state index contributed by atoms with van der Waals surface area (Å²) in [4.78, 5) is 36.3. The van der Waals surface area contributed by atoms with Crippen LogP contribution in [-0.2, 0) is 32.8 Å². The van der Waals surface area contributed by atoms with E-state index >= 15 is 0 Å². The van der Waals surface area contributed by atoms with Gasteiger partial charge in [-0.2, -0.15) is 8.42 Å². The summed E-state index contributed by atoms with van der Waals surface area (Å²) in [6, 6.07) is 12.1. The molecule has 3 N–H and O–H groups in total. The van der Waals surface area contributed by atoms with E-state index in [4.69, 9.17) is 9.84 Å². The van der Waals surface area contributed by atoms with Crippen LogP contribution in [-0.4, -0.2) is 62.0 Å². The van der Waals surface area contributed by atoms with Gasteiger partial charge < -0.3 is 20.5 Å². The van der Waals surface area contributed by atoms with Gasteiger partial charge in [-0.05, 0) is 41.8 Å². The standard InChI is InChI=1S/C25H32N4O7S/c1-3-4-5-14-26-24(31)22(27-25(32)33)15-18-6-10-20(11-7-18)28-17-23(30)29(37(28,34)35)16-19-8-12-21(36-2)13-9-19/h6-13,22,27H,3-5,14-17H2,1-2H3,(H,26,31)(H,32,33)/t22-/m0/s1. The van der Waals surface area contributed by atoms with Crippen molar-refractivity contribution in [3.8, 4) is 5.75 Å². The van der Waals surface area contributed by atoms with Gasteiger partial charge in [0.15, 0.2) is 0 Å². The number of amides is 3. The Kier molecular flexibility index (Phi) is 9.34. The topological polar surface area (TPSA) is 145 Å². The molecule has 2 aromatic rings. The number of hydrogen-bond acceptors (Lipinski definition) is 6. The maximum Gasteiger partial charge on any atom is 0.405 e. The first-order valence-corrected chi connectivity index (χ1v) is 13.4. The Balaban J connectivity index is 1.69. The van der Waals surface area contributed by atoms with Crippen LogP contribution in [0.25, 0.3) is 0 Å². The number of nitrogens with one attached hydrogen (secondary N) is 2. The molecule has 0 saturated carbocycles. The Labute approximate surface area is 216 Å². The van der Waals surface area contributed by atoms with E-state index in [0.29, 0.717) is 29.1 Å². The predicted molar refractivity (Wildman–Crippen MR) is 137 cm³/mol. The largest absolute Gasteiger partial charge is 0.497 e. The van der Waals surface area contributed by atoms with Crippen molar-refractivity contribution >= 4 is 33.8 Å². The van der Waals surface area contributed by atoms with Crippen LogP contribution in [0.3, 0.4) is 0 Å². The van der Waals surface area contributed by atoms with Crippen LogP contribution < -0.4 is 19.7 Å². The highest BCUT2D eigenvalue weighted by Crippen LogP contribution is 2.28. The number of methoxy groups -OCH3 is 1. The van der Waals surface area contributed by atoms with Gasteiger partial charge >= 0.3 is 16.3 Å². The van der Waals surface area contributed by atoms with Gasteiger partial charge in [0, 0.05) is 13.0 Å². The Morgan fingerprint density at radius 1 is 1.05 bits per heavy atom. The first-order chi connectivity index (χ1) is 17.6. The molecule has 1 atom stereocenters. The number of carbonyl (C=O) groups excluding carboxylic acids is 2. The third-order valence-corrected chi connectivity index (χ3v) is 7.74. The minimum Gasteiger partial charge on any atom is -0.497 e. The van der Waals surface area contributed by atoms with E-state index in [9.17, 15) is 22.8 Å². The summed E-state index contributed by atoms with van der Waals surface area (Å²) in [5.41, 5.74) is 1.56. The van der Waals surface area contributed by atoms with Crippen molar-refractivity contribution in [2.75, 3.05) is 24.5 Å². The highest BCUT2D eigenvalue weighted by molar-refractivity contribution is 7.91. The van der Waals surface area contributed by atoms with Crippen LogP contribution >= 0.6 is 0 Å². The van der Waals surface area contributed by atoms with E-state index in [1.165, 1.54) is 19.2 Å². The molecule has 3 amide bonds. The Morgan fingerprint density at radius 2 is 1.70 bits per heavy atom. The first kappa shape index (κ1) is 27.8. The van der Waals surface area contributed by atoms with Crippen LogP contribution in [0, 0.1) is 0 Å². The summed E-state index contributed by atoms with van der Waals surface area (Å²) in [7, 11) is -2.57. The number of hydrogen-bond donors (Lipinski definition) is 3. The second-order valence-electron chi connectivity index (χ2n) is 8.63. The fourth-order valence-corrected chi connectivity index (χ4v) is 5.45. The fourth-order valence-electron chi connectivity index (χ4n) is 3.92. The third kappa shape index (κ3) is 7.13. The van der Waals surface area contributed by atoms with Crippen molar-refractivity contribution in [2.24, 2.45) is 0 Å². The quantitative estimate of drug-likeness (QED) is 0.356. The smallest absolute Gasteiger partial charge is 0.405 e. The van der Waals surface area contributed by atoms with Crippen molar-refractivity contribution in [1.82, 2.24) is 14.9 Å². The Hall–Kier alpha value is -3.80. The average molecular weight is 533 g/mol. The number of anilines is 1. The van der Waals surface area contributed by atoms with Crippen molar-refractivity contribution in [1.29, 1.82) is 0 Å². The maximum atomic E-state index is 13.1. The summed E-state index contributed by atoms with van der Waals surface area (Å²) in [6.07, 6.45) is 1.52. The van der Waals surface area contributed by atoms with Gasteiger partial charge in [0.1, 0.15) is 18.3 Å². The molecule has 0 radical (unpaired) electrons. The molecule has 1 aliphatic rings. The minimum absolute atomic E-state index is 0.0848. The molecule has 0 bridgehead atoms. The molecule has 1 heterocycles. The summed E-state index contributed by atoms with van der Waals surface area (Å²) >= 11 is 0. The van der Waals surface area contributed by atoms with E-state index in [2.05, 4.69) is 10.6 Å². The maximum absolute atomic E-state index is 13.1. The lowest BCUT2D eigenvalue weighted by atomic mass is 10.0. The third-order valence-electron chi connectivity index (χ3n) is 5.96. The van der Waals surface area contributed by atoms with Gasteiger partial charge in [0.05, 0.1) is 19.3 Å². The van der Waals surface area contributed by atoms with Gasteiger partial charge in [0.2, 0.25) is 5.91 Å². The normalized spacial score (nSPS) is 15.4. The van der Waals surface area contributed by atoms with Gasteiger partial charge in [-0.3, -0.25) is 9.59 Å². The second-order valence-corrected chi connectivity index (χ2v) is 10.4.